The minimum Gasteiger partial charge on any atom is -0.486 e. The van der Waals surface area contributed by atoms with Crippen LogP contribution in [-0.2, 0) is 16.6 Å². The Labute approximate surface area is 214 Å². The predicted octanol–water partition coefficient (Wildman–Crippen LogP) is 5.01. The molecule has 2 atom stereocenters. The number of hydrogen-bond acceptors (Lipinski definition) is 6. The van der Waals surface area contributed by atoms with Gasteiger partial charge in [0.1, 0.15) is 23.1 Å². The summed E-state index contributed by atoms with van der Waals surface area (Å²) < 4.78 is 34.3. The summed E-state index contributed by atoms with van der Waals surface area (Å²) in [6.07, 6.45) is 3.13. The van der Waals surface area contributed by atoms with E-state index in [2.05, 4.69) is 21.1 Å². The van der Waals surface area contributed by atoms with Crippen LogP contribution in [0.4, 0.5) is 0 Å². The average molecular weight is 534 g/mol. The molecular weight excluding hydrogens is 506 g/mol. The summed E-state index contributed by atoms with van der Waals surface area (Å²) >= 11 is 7.24. The highest BCUT2D eigenvalue weighted by molar-refractivity contribution is 7.89. The van der Waals surface area contributed by atoms with Gasteiger partial charge in [-0.1, -0.05) is 30.5 Å². The Morgan fingerprint density at radius 3 is 2.43 bits per heavy atom. The first kappa shape index (κ1) is 25.6. The van der Waals surface area contributed by atoms with Crippen LogP contribution in [0.3, 0.4) is 0 Å². The zero-order valence-corrected chi connectivity index (χ0v) is 22.0. The summed E-state index contributed by atoms with van der Waals surface area (Å²) in [7, 11) is -3.74. The van der Waals surface area contributed by atoms with E-state index in [9.17, 15) is 13.2 Å². The van der Waals surface area contributed by atoms with E-state index in [4.69, 9.17) is 16.3 Å². The molecule has 4 rings (SSSR count). The first-order valence-electron chi connectivity index (χ1n) is 11.4. The molecule has 186 valence electrons. The van der Waals surface area contributed by atoms with Crippen LogP contribution in [0.2, 0.25) is 5.02 Å². The topological polar surface area (TPSA) is 97.4 Å². The van der Waals surface area contributed by atoms with Crippen LogP contribution in [0.5, 0.6) is 5.75 Å². The lowest BCUT2D eigenvalue weighted by atomic mass is 9.91. The number of aryl methyl sites for hydroxylation is 2. The zero-order chi connectivity index (χ0) is 25.0. The highest BCUT2D eigenvalue weighted by Crippen LogP contribution is 2.23. The van der Waals surface area contributed by atoms with Gasteiger partial charge in [-0.05, 0) is 74.2 Å². The molecule has 0 saturated heterocycles. The predicted molar refractivity (Wildman–Crippen MR) is 138 cm³/mol. The Morgan fingerprint density at radius 1 is 1.09 bits per heavy atom. The Hall–Kier alpha value is -2.46. The van der Waals surface area contributed by atoms with Gasteiger partial charge in [0.05, 0.1) is 4.90 Å². The number of aromatic nitrogens is 1. The van der Waals surface area contributed by atoms with Crippen molar-refractivity contribution in [2.75, 3.05) is 0 Å². The quantitative estimate of drug-likeness (QED) is 0.424. The molecule has 35 heavy (non-hydrogen) atoms. The average Bonchev–Trinajstić information content (AvgIpc) is 3.28. The lowest BCUT2D eigenvalue weighted by Gasteiger charge is -2.32. The van der Waals surface area contributed by atoms with E-state index in [1.807, 2.05) is 26.0 Å². The van der Waals surface area contributed by atoms with Gasteiger partial charge >= 0.3 is 0 Å². The second-order valence-corrected chi connectivity index (χ2v) is 11.9. The van der Waals surface area contributed by atoms with E-state index in [0.29, 0.717) is 28.6 Å². The molecule has 3 aromatic rings. The number of carbonyl (C=O) groups excluding carboxylic acids is 1. The number of sulfonamides is 1. The third-order valence-electron chi connectivity index (χ3n) is 5.85. The molecular formula is C25H28ClN3O4S2. The van der Waals surface area contributed by atoms with Gasteiger partial charge in [-0.15, -0.1) is 11.3 Å². The monoisotopic (exact) mass is 533 g/mol. The summed E-state index contributed by atoms with van der Waals surface area (Å²) in [4.78, 5) is 17.5. The molecule has 2 N–H and O–H groups in total. The van der Waals surface area contributed by atoms with Gasteiger partial charge in [0.2, 0.25) is 10.0 Å². The van der Waals surface area contributed by atoms with Crippen molar-refractivity contribution in [3.05, 3.63) is 74.7 Å². The smallest absolute Gasteiger partial charge is 0.271 e. The number of halogens is 1. The fourth-order valence-electron chi connectivity index (χ4n) is 4.21. The summed E-state index contributed by atoms with van der Waals surface area (Å²) in [5, 5.41) is 5.85. The van der Waals surface area contributed by atoms with Crippen molar-refractivity contribution >= 4 is 38.9 Å². The van der Waals surface area contributed by atoms with Crippen LogP contribution in [-0.4, -0.2) is 31.4 Å². The number of nitrogens with zero attached hydrogens (tertiary/aromatic N) is 1. The Bertz CT molecular complexity index is 1270. The van der Waals surface area contributed by atoms with E-state index < -0.39 is 16.1 Å². The van der Waals surface area contributed by atoms with E-state index in [1.54, 1.807) is 17.5 Å². The number of amides is 1. The van der Waals surface area contributed by atoms with Gasteiger partial charge in [0.15, 0.2) is 0 Å². The maximum atomic E-state index is 12.9. The lowest BCUT2D eigenvalue weighted by molar-refractivity contribution is 0.0914. The number of rotatable bonds is 8. The summed E-state index contributed by atoms with van der Waals surface area (Å²) in [6, 6.07) is 11.3. The van der Waals surface area contributed by atoms with Crippen LogP contribution < -0.4 is 14.8 Å². The summed E-state index contributed by atoms with van der Waals surface area (Å²) in [5.74, 6) is 0.447. The van der Waals surface area contributed by atoms with Crippen molar-refractivity contribution < 1.29 is 17.9 Å². The van der Waals surface area contributed by atoms with Crippen molar-refractivity contribution in [2.45, 2.75) is 63.1 Å². The van der Waals surface area contributed by atoms with Crippen molar-refractivity contribution in [1.29, 1.82) is 0 Å². The van der Waals surface area contributed by atoms with Gasteiger partial charge in [0, 0.05) is 22.5 Å². The maximum Gasteiger partial charge on any atom is 0.271 e. The molecule has 0 unspecified atom stereocenters. The summed E-state index contributed by atoms with van der Waals surface area (Å²) in [6.45, 7) is 4.30. The third kappa shape index (κ3) is 6.82. The van der Waals surface area contributed by atoms with Crippen molar-refractivity contribution in [3.8, 4) is 5.75 Å². The van der Waals surface area contributed by atoms with Crippen LogP contribution in [0.25, 0.3) is 0 Å². The standard InChI is InChI=1S/C25H28ClN3O4S2/c1-16-11-17(2)13-19(12-16)33-14-24-27-23(15-34-24)25(30)28-21-5-3-4-6-22(21)29-35(31,32)20-9-7-18(26)8-10-20/h7-13,15,21-22,29H,3-6,14H2,1-2H3,(H,28,30)/t21-,22-/m1/s1. The SMILES string of the molecule is Cc1cc(C)cc(OCc2nc(C(=O)N[C@@H]3CCCC[C@H]3NS(=O)(=O)c3ccc(Cl)cc3)cs2)c1. The minimum atomic E-state index is -3.74. The van der Waals surface area contributed by atoms with Crippen LogP contribution in [0.15, 0.2) is 52.7 Å². The molecule has 1 fully saturated rings. The molecule has 0 bridgehead atoms. The van der Waals surface area contributed by atoms with Gasteiger partial charge in [-0.2, -0.15) is 0 Å². The van der Waals surface area contributed by atoms with E-state index in [-0.39, 0.29) is 23.5 Å². The highest BCUT2D eigenvalue weighted by atomic mass is 35.5. The number of thiazole rings is 1. The molecule has 2 aromatic carbocycles. The van der Waals surface area contributed by atoms with Gasteiger partial charge in [0.25, 0.3) is 5.91 Å². The highest BCUT2D eigenvalue weighted by Gasteiger charge is 2.31. The number of ether oxygens (including phenoxy) is 1. The van der Waals surface area contributed by atoms with Crippen LogP contribution in [0, 0.1) is 13.8 Å². The first-order chi connectivity index (χ1) is 16.7. The van der Waals surface area contributed by atoms with Crippen molar-refractivity contribution in [1.82, 2.24) is 15.0 Å². The van der Waals surface area contributed by atoms with Crippen molar-refractivity contribution in [3.63, 3.8) is 0 Å². The maximum absolute atomic E-state index is 12.9. The Kier molecular flexibility index (Phi) is 8.11. The number of hydrogen-bond donors (Lipinski definition) is 2. The molecule has 1 aliphatic carbocycles. The van der Waals surface area contributed by atoms with E-state index in [1.165, 1.54) is 23.5 Å². The largest absolute Gasteiger partial charge is 0.486 e. The second kappa shape index (κ2) is 11.1. The molecule has 0 spiro atoms. The Balaban J connectivity index is 1.38. The zero-order valence-electron chi connectivity index (χ0n) is 19.6. The Morgan fingerprint density at radius 2 is 1.74 bits per heavy atom. The fraction of sp³-hybridized carbons (Fsp3) is 0.360. The minimum absolute atomic E-state index is 0.144. The lowest BCUT2D eigenvalue weighted by Crippen LogP contribution is -2.53. The number of nitrogens with one attached hydrogen (secondary N) is 2. The number of benzene rings is 2. The van der Waals surface area contributed by atoms with E-state index >= 15 is 0 Å². The van der Waals surface area contributed by atoms with Crippen LogP contribution >= 0.6 is 22.9 Å². The molecule has 1 aromatic heterocycles. The first-order valence-corrected chi connectivity index (χ1v) is 14.2. The van der Waals surface area contributed by atoms with Crippen molar-refractivity contribution in [2.24, 2.45) is 0 Å². The third-order valence-corrected chi connectivity index (χ3v) is 8.43. The molecule has 0 aliphatic heterocycles. The van der Waals surface area contributed by atoms with E-state index in [0.717, 1.165) is 29.7 Å². The number of carbonyl (C=O) groups is 1. The molecule has 1 saturated carbocycles. The molecule has 10 heteroatoms. The normalized spacial score (nSPS) is 18.3. The fourth-order valence-corrected chi connectivity index (χ4v) is 6.33. The molecule has 0 radical (unpaired) electrons. The molecule has 1 heterocycles. The summed E-state index contributed by atoms with van der Waals surface area (Å²) in [5.41, 5.74) is 2.54. The molecule has 1 amide bonds. The van der Waals surface area contributed by atoms with Gasteiger partial charge < -0.3 is 10.1 Å². The molecule has 1 aliphatic rings. The van der Waals surface area contributed by atoms with Gasteiger partial charge in [-0.3, -0.25) is 4.79 Å². The van der Waals surface area contributed by atoms with Gasteiger partial charge in [-0.25, -0.2) is 18.1 Å². The molecule has 7 nitrogen and oxygen atoms in total. The van der Waals surface area contributed by atoms with Crippen LogP contribution in [0.1, 0.15) is 52.3 Å². The second-order valence-electron chi connectivity index (χ2n) is 8.78.